The highest BCUT2D eigenvalue weighted by atomic mass is 32.2. The molecule has 8 nitrogen and oxygen atoms in total. The van der Waals surface area contributed by atoms with Crippen molar-refractivity contribution in [2.24, 2.45) is 0 Å². The summed E-state index contributed by atoms with van der Waals surface area (Å²) < 4.78 is 41.6. The van der Waals surface area contributed by atoms with Gasteiger partial charge in [0.15, 0.2) is 17.6 Å². The molecule has 1 aliphatic heterocycles. The number of amides is 1. The van der Waals surface area contributed by atoms with Crippen molar-refractivity contribution in [3.63, 3.8) is 0 Å². The van der Waals surface area contributed by atoms with Gasteiger partial charge in [-0.05, 0) is 29.8 Å². The SMILES string of the molecule is COc1ccc(CNC(=O)C2CN(S(C)(=O)=O)c3ccccc3O2)cc1OC. The summed E-state index contributed by atoms with van der Waals surface area (Å²) in [4.78, 5) is 12.6. The average molecular weight is 406 g/mol. The van der Waals surface area contributed by atoms with Gasteiger partial charge in [0.05, 0.1) is 32.7 Å². The van der Waals surface area contributed by atoms with E-state index in [1.165, 1.54) is 11.4 Å². The highest BCUT2D eigenvalue weighted by Crippen LogP contribution is 2.34. The molecule has 0 bridgehead atoms. The highest BCUT2D eigenvalue weighted by molar-refractivity contribution is 7.92. The van der Waals surface area contributed by atoms with E-state index in [9.17, 15) is 13.2 Å². The number of carbonyl (C=O) groups excluding carboxylic acids is 1. The minimum absolute atomic E-state index is 0.0897. The summed E-state index contributed by atoms with van der Waals surface area (Å²) in [6, 6.07) is 12.1. The third kappa shape index (κ3) is 4.14. The standard InChI is InChI=1S/C19H22N2O6S/c1-25-16-9-8-13(10-17(16)26-2)11-20-19(22)18-12-21(28(3,23)24)14-6-4-5-7-15(14)27-18/h4-10,18H,11-12H2,1-3H3,(H,20,22). The number of benzene rings is 2. The van der Waals surface area contributed by atoms with Gasteiger partial charge in [-0.2, -0.15) is 0 Å². The number of rotatable bonds is 6. The zero-order valence-corrected chi connectivity index (χ0v) is 16.7. The molecule has 150 valence electrons. The van der Waals surface area contributed by atoms with Gasteiger partial charge in [-0.15, -0.1) is 0 Å². The van der Waals surface area contributed by atoms with Gasteiger partial charge in [-0.3, -0.25) is 9.10 Å². The van der Waals surface area contributed by atoms with E-state index in [-0.39, 0.29) is 13.1 Å². The van der Waals surface area contributed by atoms with Crippen molar-refractivity contribution in [3.8, 4) is 17.2 Å². The number of hydrogen-bond acceptors (Lipinski definition) is 6. The first-order chi connectivity index (χ1) is 13.3. The molecule has 1 N–H and O–H groups in total. The van der Waals surface area contributed by atoms with E-state index in [2.05, 4.69) is 5.32 Å². The zero-order chi connectivity index (χ0) is 20.3. The van der Waals surface area contributed by atoms with Crippen LogP contribution in [0.1, 0.15) is 5.56 Å². The van der Waals surface area contributed by atoms with E-state index >= 15 is 0 Å². The lowest BCUT2D eigenvalue weighted by atomic mass is 10.2. The van der Waals surface area contributed by atoms with Crippen molar-refractivity contribution in [1.82, 2.24) is 5.32 Å². The lowest BCUT2D eigenvalue weighted by Crippen LogP contribution is -2.50. The Kier molecular flexibility index (Phi) is 5.64. The summed E-state index contributed by atoms with van der Waals surface area (Å²) in [5.74, 6) is 1.09. The molecule has 9 heteroatoms. The molecule has 0 saturated heterocycles. The van der Waals surface area contributed by atoms with Crippen molar-refractivity contribution in [2.75, 3.05) is 31.3 Å². The first kappa shape index (κ1) is 19.8. The second-order valence-corrected chi connectivity index (χ2v) is 8.18. The third-order valence-corrected chi connectivity index (χ3v) is 5.49. The summed E-state index contributed by atoms with van der Waals surface area (Å²) in [5.41, 5.74) is 1.23. The maximum atomic E-state index is 12.6. The van der Waals surface area contributed by atoms with Crippen LogP contribution in [0.4, 0.5) is 5.69 Å². The molecular weight excluding hydrogens is 384 g/mol. The monoisotopic (exact) mass is 406 g/mol. The lowest BCUT2D eigenvalue weighted by molar-refractivity contribution is -0.127. The fourth-order valence-electron chi connectivity index (χ4n) is 2.95. The third-order valence-electron chi connectivity index (χ3n) is 4.34. The van der Waals surface area contributed by atoms with E-state index in [1.54, 1.807) is 43.5 Å². The van der Waals surface area contributed by atoms with Gasteiger partial charge in [0.1, 0.15) is 5.75 Å². The van der Waals surface area contributed by atoms with E-state index in [0.29, 0.717) is 22.9 Å². The van der Waals surface area contributed by atoms with Crippen LogP contribution in [-0.4, -0.2) is 47.4 Å². The summed E-state index contributed by atoms with van der Waals surface area (Å²) in [7, 11) is -0.465. The summed E-state index contributed by atoms with van der Waals surface area (Å²) in [5, 5.41) is 2.78. The maximum absolute atomic E-state index is 12.6. The molecular formula is C19H22N2O6S. The van der Waals surface area contributed by atoms with Crippen molar-refractivity contribution in [2.45, 2.75) is 12.6 Å². The second kappa shape index (κ2) is 7.97. The number of carbonyl (C=O) groups is 1. The molecule has 1 heterocycles. The van der Waals surface area contributed by atoms with E-state index < -0.39 is 22.0 Å². The summed E-state index contributed by atoms with van der Waals surface area (Å²) in [6.07, 6.45) is 0.151. The zero-order valence-electron chi connectivity index (χ0n) is 15.8. The van der Waals surface area contributed by atoms with Crippen LogP contribution in [0, 0.1) is 0 Å². The Hall–Kier alpha value is -2.94. The number of ether oxygens (including phenoxy) is 3. The Bertz CT molecular complexity index is 976. The Balaban J connectivity index is 1.73. The van der Waals surface area contributed by atoms with Gasteiger partial charge in [0.2, 0.25) is 10.0 Å². The van der Waals surface area contributed by atoms with Gasteiger partial charge >= 0.3 is 0 Å². The van der Waals surface area contributed by atoms with Gasteiger partial charge in [-0.25, -0.2) is 8.42 Å². The number of anilines is 1. The quantitative estimate of drug-likeness (QED) is 0.782. The van der Waals surface area contributed by atoms with Crippen molar-refractivity contribution in [3.05, 3.63) is 48.0 Å². The molecule has 1 unspecified atom stereocenters. The van der Waals surface area contributed by atoms with Crippen molar-refractivity contribution < 1.29 is 27.4 Å². The molecule has 3 rings (SSSR count). The molecule has 0 aromatic heterocycles. The number of nitrogens with zero attached hydrogens (tertiary/aromatic N) is 1. The van der Waals surface area contributed by atoms with Gasteiger partial charge in [-0.1, -0.05) is 18.2 Å². The normalized spacial score (nSPS) is 16.0. The van der Waals surface area contributed by atoms with Gasteiger partial charge < -0.3 is 19.5 Å². The number of hydrogen-bond donors (Lipinski definition) is 1. The smallest absolute Gasteiger partial charge is 0.263 e. The van der Waals surface area contributed by atoms with Crippen LogP contribution < -0.4 is 23.8 Å². The molecule has 0 saturated carbocycles. The van der Waals surface area contributed by atoms with Crippen LogP contribution in [-0.2, 0) is 21.4 Å². The Morgan fingerprint density at radius 1 is 1.18 bits per heavy atom. The number of nitrogens with one attached hydrogen (secondary N) is 1. The first-order valence-electron chi connectivity index (χ1n) is 8.55. The minimum Gasteiger partial charge on any atom is -0.493 e. The van der Waals surface area contributed by atoms with Crippen LogP contribution in [0.2, 0.25) is 0 Å². The molecule has 0 radical (unpaired) electrons. The van der Waals surface area contributed by atoms with Crippen molar-refractivity contribution >= 4 is 21.6 Å². The van der Waals surface area contributed by atoms with Gasteiger partial charge in [0.25, 0.3) is 5.91 Å². The van der Waals surface area contributed by atoms with E-state index in [1.807, 2.05) is 6.07 Å². The minimum atomic E-state index is -3.55. The maximum Gasteiger partial charge on any atom is 0.263 e. The number of para-hydroxylation sites is 2. The lowest BCUT2D eigenvalue weighted by Gasteiger charge is -2.33. The molecule has 0 spiro atoms. The topological polar surface area (TPSA) is 94.2 Å². The second-order valence-electron chi connectivity index (χ2n) is 6.28. The molecule has 1 atom stereocenters. The van der Waals surface area contributed by atoms with E-state index in [0.717, 1.165) is 11.8 Å². The predicted octanol–water partition coefficient (Wildman–Crippen LogP) is 1.55. The number of sulfonamides is 1. The number of methoxy groups -OCH3 is 2. The molecule has 2 aromatic carbocycles. The highest BCUT2D eigenvalue weighted by Gasteiger charge is 2.34. The first-order valence-corrected chi connectivity index (χ1v) is 10.4. The molecule has 2 aromatic rings. The Labute approximate surface area is 164 Å². The predicted molar refractivity (Wildman–Crippen MR) is 104 cm³/mol. The molecule has 28 heavy (non-hydrogen) atoms. The molecule has 1 amide bonds. The van der Waals surface area contributed by atoms with Crippen LogP contribution in [0.5, 0.6) is 17.2 Å². The van der Waals surface area contributed by atoms with Gasteiger partial charge in [0, 0.05) is 6.54 Å². The van der Waals surface area contributed by atoms with Crippen LogP contribution >= 0.6 is 0 Å². The molecule has 0 aliphatic carbocycles. The fourth-order valence-corrected chi connectivity index (χ4v) is 3.86. The van der Waals surface area contributed by atoms with Crippen LogP contribution in [0.25, 0.3) is 0 Å². The molecule has 1 aliphatic rings. The molecule has 0 fully saturated rings. The fraction of sp³-hybridized carbons (Fsp3) is 0.316. The van der Waals surface area contributed by atoms with Crippen LogP contribution in [0.15, 0.2) is 42.5 Å². The number of fused-ring (bicyclic) bond motifs is 1. The van der Waals surface area contributed by atoms with E-state index in [4.69, 9.17) is 14.2 Å². The average Bonchev–Trinajstić information content (AvgIpc) is 2.70. The van der Waals surface area contributed by atoms with Crippen LogP contribution in [0.3, 0.4) is 0 Å². The largest absolute Gasteiger partial charge is 0.493 e. The Morgan fingerprint density at radius 2 is 1.89 bits per heavy atom. The summed E-state index contributed by atoms with van der Waals surface area (Å²) >= 11 is 0. The van der Waals surface area contributed by atoms with Crippen molar-refractivity contribution in [1.29, 1.82) is 0 Å². The summed E-state index contributed by atoms with van der Waals surface area (Å²) in [6.45, 7) is 0.146. The Morgan fingerprint density at radius 3 is 2.57 bits per heavy atom.